The number of anilines is 6. The van der Waals surface area contributed by atoms with Crippen molar-refractivity contribution in [3.8, 4) is 39.3 Å². The molecule has 0 bridgehead atoms. The van der Waals surface area contributed by atoms with E-state index in [1.165, 1.54) is 138 Å². The number of nitrogens with zero attached hydrogens (tertiary/aromatic N) is 5. The summed E-state index contributed by atoms with van der Waals surface area (Å²) in [4.78, 5) is 5.33. The second-order valence-electron chi connectivity index (χ2n) is 37.2. The van der Waals surface area contributed by atoms with Crippen LogP contribution in [-0.2, 0) is 32.5 Å². The van der Waals surface area contributed by atoms with Crippen molar-refractivity contribution in [2.45, 2.75) is 157 Å². The molecule has 2 aliphatic heterocycles. The van der Waals surface area contributed by atoms with Crippen molar-refractivity contribution in [3.63, 3.8) is 0 Å². The fourth-order valence-electron chi connectivity index (χ4n) is 17.5. The molecule has 0 amide bonds. The molecule has 6 heteroatoms. The highest BCUT2D eigenvalue weighted by molar-refractivity contribution is 7.00. The Balaban J connectivity index is 0.979. The highest BCUT2D eigenvalue weighted by atomic mass is 15.2. The molecular weight excluding hydrogens is 1310 g/mol. The Bertz CT molecular complexity index is 6160. The molecule has 5 heterocycles. The van der Waals surface area contributed by atoms with Gasteiger partial charge >= 0.3 is 0 Å². The summed E-state index contributed by atoms with van der Waals surface area (Å²) in [5.41, 5.74) is 33.4. The van der Waals surface area contributed by atoms with Gasteiger partial charge in [0.2, 0.25) is 0 Å². The lowest BCUT2D eigenvalue weighted by Crippen LogP contribution is -2.61. The van der Waals surface area contributed by atoms with Crippen LogP contribution in [-0.4, -0.2) is 20.4 Å². The van der Waals surface area contributed by atoms with Crippen molar-refractivity contribution in [1.82, 2.24) is 13.7 Å². The molecule has 0 spiro atoms. The zero-order valence-electron chi connectivity index (χ0n) is 66.2. The summed E-state index contributed by atoms with van der Waals surface area (Å²) < 4.78 is 7.63. The first kappa shape index (κ1) is 68.7. The minimum absolute atomic E-state index is 0.0433. The molecule has 0 saturated heterocycles. The van der Waals surface area contributed by atoms with Crippen molar-refractivity contribution < 1.29 is 0 Å². The number of hydrogen-bond acceptors (Lipinski definition) is 2. The van der Waals surface area contributed by atoms with Crippen LogP contribution in [0.3, 0.4) is 0 Å². The first-order chi connectivity index (χ1) is 51.3. The lowest BCUT2D eigenvalue weighted by atomic mass is 9.33. The van der Waals surface area contributed by atoms with Gasteiger partial charge in [0.15, 0.2) is 0 Å². The van der Waals surface area contributed by atoms with Crippen LogP contribution in [0, 0.1) is 0 Å². The third kappa shape index (κ3) is 11.2. The van der Waals surface area contributed by atoms with Crippen LogP contribution in [0.2, 0.25) is 0 Å². The molecule has 0 unspecified atom stereocenters. The molecule has 13 aromatic carbocycles. The summed E-state index contributed by atoms with van der Waals surface area (Å²) in [6.45, 7) is 42.0. The molecule has 18 rings (SSSR count). The van der Waals surface area contributed by atoms with E-state index in [2.05, 4.69) is 415 Å². The van der Waals surface area contributed by atoms with E-state index < -0.39 is 0 Å². The fraction of sp³-hybridized carbons (Fsp3) is 0.235. The molecule has 0 aliphatic carbocycles. The number of rotatable bonds is 7. The minimum atomic E-state index is -0.222. The third-order valence-electron chi connectivity index (χ3n) is 23.7. The topological polar surface area (TPSA) is 21.3 Å². The quantitative estimate of drug-likeness (QED) is 0.148. The van der Waals surface area contributed by atoms with Crippen LogP contribution in [0.25, 0.3) is 105 Å². The average Bonchev–Trinajstić information content (AvgIpc) is 1.26. The van der Waals surface area contributed by atoms with E-state index in [1.54, 1.807) is 0 Å². The third-order valence-corrected chi connectivity index (χ3v) is 23.7. The van der Waals surface area contributed by atoms with E-state index in [0.29, 0.717) is 0 Å². The van der Waals surface area contributed by atoms with Gasteiger partial charge in [-0.25, -0.2) is 0 Å². The first-order valence-corrected chi connectivity index (χ1v) is 39.0. The fourth-order valence-corrected chi connectivity index (χ4v) is 17.5. The van der Waals surface area contributed by atoms with Gasteiger partial charge in [0.05, 0.1) is 44.5 Å². The number of hydrogen-bond donors (Lipinski definition) is 0. The molecule has 534 valence electrons. The largest absolute Gasteiger partial charge is 0.311 e. The van der Waals surface area contributed by atoms with Crippen LogP contribution in [0.5, 0.6) is 0 Å². The SMILES string of the molecule is CC(C)(C)c1cc(-c2ccc(N3c4cc(-n5c6ccccc6c6ccccc65)ccc4B4c5ccc6c(c5N(c5ccc(-c7cc(C(C)(C)C)cc(C(C)(C)C)c7)cc5)c5cc(-n7c8ccccc8c8ccccc87)cc3c54)c3ccccc3n6-c3cc(C(C)(C)C)cc(C(C)(C)C)c3)cc2)cc(C(C)(C)C)c1. The summed E-state index contributed by atoms with van der Waals surface area (Å²) in [6.07, 6.45) is 0. The van der Waals surface area contributed by atoms with Crippen molar-refractivity contribution in [3.05, 3.63) is 300 Å². The Morgan fingerprint density at radius 3 is 0.935 bits per heavy atom. The zero-order valence-corrected chi connectivity index (χ0v) is 66.2. The van der Waals surface area contributed by atoms with E-state index in [4.69, 9.17) is 0 Å². The molecule has 5 nitrogen and oxygen atoms in total. The number of benzene rings is 13. The van der Waals surface area contributed by atoms with Gasteiger partial charge in [-0.2, -0.15) is 0 Å². The smallest absolute Gasteiger partial charge is 0.252 e. The number of para-hydroxylation sites is 5. The predicted molar refractivity (Wildman–Crippen MR) is 467 cm³/mol. The molecule has 0 N–H and O–H groups in total. The highest BCUT2D eigenvalue weighted by Gasteiger charge is 2.46. The van der Waals surface area contributed by atoms with Crippen LogP contribution in [0.4, 0.5) is 34.1 Å². The molecule has 0 fully saturated rings. The summed E-state index contributed by atoms with van der Waals surface area (Å²) in [6, 6.07) is 104. The lowest BCUT2D eigenvalue weighted by Gasteiger charge is -2.45. The maximum absolute atomic E-state index is 2.69. The Kier molecular flexibility index (Phi) is 15.4. The van der Waals surface area contributed by atoms with E-state index in [0.717, 1.165) is 50.8 Å². The standard InChI is InChI=1S/C102H98BN5/c1-97(2,3)67-51-65(52-68(55-67)98(4,5)6)63-39-43-73(44-40-63)104-91-60-75(105-85-34-24-19-29-78(85)79-30-20-25-35-86(79)105)47-48-83(91)103-84-49-50-90-94(82-33-23-28-38-89(82)107(90)76-58-71(101(13,14)15)57-72(59-76)102(16,17)18)96(84)108(74-45-41-64(42-46-74)66-53-69(99(7,8)9)56-70(54-66)100(10,11)12)93-62-77(61-92(104)95(93)103)106-87-36-26-21-31-80(87)81-32-22-27-37-88(81)106/h19-62H,1-18H3. The zero-order chi connectivity index (χ0) is 75.2. The van der Waals surface area contributed by atoms with Crippen LogP contribution < -0.4 is 26.2 Å². The Hall–Kier alpha value is -11.1. The van der Waals surface area contributed by atoms with Crippen LogP contribution >= 0.6 is 0 Å². The Morgan fingerprint density at radius 1 is 0.222 bits per heavy atom. The molecule has 0 atom stereocenters. The van der Waals surface area contributed by atoms with Gasteiger partial charge in [0.1, 0.15) is 0 Å². The van der Waals surface area contributed by atoms with E-state index in [1.807, 2.05) is 0 Å². The van der Waals surface area contributed by atoms with E-state index in [-0.39, 0.29) is 39.2 Å². The molecule has 3 aromatic heterocycles. The van der Waals surface area contributed by atoms with Gasteiger partial charge in [0.25, 0.3) is 6.71 Å². The van der Waals surface area contributed by atoms with Gasteiger partial charge < -0.3 is 23.5 Å². The van der Waals surface area contributed by atoms with Crippen molar-refractivity contribution >= 4 is 123 Å². The lowest BCUT2D eigenvalue weighted by molar-refractivity contribution is 0.567. The highest BCUT2D eigenvalue weighted by Crippen LogP contribution is 2.52. The molecule has 16 aromatic rings. The van der Waals surface area contributed by atoms with Gasteiger partial charge in [-0.05, 0) is 202 Å². The summed E-state index contributed by atoms with van der Waals surface area (Å²) >= 11 is 0. The van der Waals surface area contributed by atoms with Crippen molar-refractivity contribution in [2.24, 2.45) is 0 Å². The maximum atomic E-state index is 2.69. The van der Waals surface area contributed by atoms with Gasteiger partial charge in [0, 0.05) is 72.1 Å². The molecular formula is C102H98BN5. The normalized spacial score (nSPS) is 13.6. The van der Waals surface area contributed by atoms with Gasteiger partial charge in [-0.3, -0.25) is 0 Å². The second kappa shape index (κ2) is 24.2. The predicted octanol–water partition coefficient (Wildman–Crippen LogP) is 26.2. The Labute approximate surface area is 638 Å². The second-order valence-corrected chi connectivity index (χ2v) is 37.2. The van der Waals surface area contributed by atoms with Gasteiger partial charge in [-0.1, -0.05) is 294 Å². The molecule has 0 saturated carbocycles. The van der Waals surface area contributed by atoms with Crippen molar-refractivity contribution in [2.75, 3.05) is 9.80 Å². The molecule has 0 radical (unpaired) electrons. The molecule has 108 heavy (non-hydrogen) atoms. The molecule has 2 aliphatic rings. The van der Waals surface area contributed by atoms with Crippen molar-refractivity contribution in [1.29, 1.82) is 0 Å². The number of aromatic nitrogens is 3. The van der Waals surface area contributed by atoms with E-state index >= 15 is 0 Å². The minimum Gasteiger partial charge on any atom is -0.311 e. The monoisotopic (exact) mass is 1400 g/mol. The first-order valence-electron chi connectivity index (χ1n) is 39.0. The van der Waals surface area contributed by atoms with Gasteiger partial charge in [-0.15, -0.1) is 0 Å². The average molecular weight is 1400 g/mol. The summed E-state index contributed by atoms with van der Waals surface area (Å²) in [5, 5.41) is 7.35. The summed E-state index contributed by atoms with van der Waals surface area (Å²) in [5.74, 6) is 0. The van der Waals surface area contributed by atoms with E-state index in [9.17, 15) is 0 Å². The maximum Gasteiger partial charge on any atom is 0.252 e. The Morgan fingerprint density at radius 2 is 0.528 bits per heavy atom. The van der Waals surface area contributed by atoms with Crippen LogP contribution in [0.1, 0.15) is 158 Å². The van der Waals surface area contributed by atoms with Crippen LogP contribution in [0.15, 0.2) is 267 Å². The summed E-state index contributed by atoms with van der Waals surface area (Å²) in [7, 11) is 0. The number of fused-ring (bicyclic) bond motifs is 14.